The normalized spacial score (nSPS) is 22.0. The smallest absolute Gasteiger partial charge is 0.228 e. The Morgan fingerprint density at radius 2 is 2.33 bits per heavy atom. The fourth-order valence-corrected chi connectivity index (χ4v) is 2.87. The van der Waals surface area contributed by atoms with E-state index < -0.39 is 0 Å². The van der Waals surface area contributed by atoms with E-state index in [0.717, 1.165) is 12.2 Å². The highest BCUT2D eigenvalue weighted by Crippen LogP contribution is 2.22. The van der Waals surface area contributed by atoms with E-state index in [1.54, 1.807) is 4.68 Å². The molecule has 2 aromatic rings. The number of nitrogens with zero attached hydrogens (tertiary/aromatic N) is 7. The first-order chi connectivity index (χ1) is 11.6. The lowest BCUT2D eigenvalue weighted by atomic mass is 10.0. The van der Waals surface area contributed by atoms with Crippen molar-refractivity contribution in [3.05, 3.63) is 18.5 Å². The molecule has 3 unspecified atom stereocenters. The van der Waals surface area contributed by atoms with Gasteiger partial charge in [0.2, 0.25) is 5.91 Å². The number of rotatable bonds is 6. The highest BCUT2D eigenvalue weighted by molar-refractivity contribution is 5.80. The molecule has 11 nitrogen and oxygen atoms in total. The third-order valence-corrected chi connectivity index (χ3v) is 4.02. The molecule has 0 saturated carbocycles. The van der Waals surface area contributed by atoms with E-state index in [1.807, 2.05) is 7.05 Å². The summed E-state index contributed by atoms with van der Waals surface area (Å²) in [5, 5.41) is 18.3. The molecule has 130 valence electrons. The Morgan fingerprint density at radius 3 is 2.96 bits per heavy atom. The first-order valence-electron chi connectivity index (χ1n) is 7.91. The maximum Gasteiger partial charge on any atom is 0.228 e. The zero-order valence-corrected chi connectivity index (χ0v) is 13.9. The summed E-state index contributed by atoms with van der Waals surface area (Å²) < 4.78 is 3.22. The van der Waals surface area contributed by atoms with Gasteiger partial charge in [-0.1, -0.05) is 13.8 Å². The van der Waals surface area contributed by atoms with E-state index in [-0.39, 0.29) is 24.0 Å². The van der Waals surface area contributed by atoms with Crippen LogP contribution in [0.25, 0.3) is 0 Å². The second kappa shape index (κ2) is 7.01. The fraction of sp³-hybridized carbons (Fsp3) is 0.692. The van der Waals surface area contributed by atoms with Crippen molar-refractivity contribution < 1.29 is 4.79 Å². The van der Waals surface area contributed by atoms with Crippen LogP contribution >= 0.6 is 0 Å². The van der Waals surface area contributed by atoms with Crippen LogP contribution in [0, 0.1) is 11.8 Å². The average Bonchev–Trinajstić information content (AvgIpc) is 3.26. The number of tetrazole rings is 1. The van der Waals surface area contributed by atoms with Crippen molar-refractivity contribution in [2.45, 2.75) is 32.5 Å². The Labute approximate surface area is 139 Å². The highest BCUT2D eigenvalue weighted by Gasteiger charge is 2.36. The molecule has 1 aliphatic rings. The quantitative estimate of drug-likeness (QED) is 0.609. The number of amides is 1. The van der Waals surface area contributed by atoms with Gasteiger partial charge in [-0.25, -0.2) is 15.1 Å². The standard InChI is InChI=1S/C13H22N10O/c1-8(2)4-10(12-14-6-17-22(12)3)18-13(24)9-5-15-19-11(9)23-7-16-20-21-23/h6-11,15,19H,4-5H2,1-3H3,(H,18,24). The summed E-state index contributed by atoms with van der Waals surface area (Å²) in [4.78, 5) is 17.1. The maximum atomic E-state index is 12.8. The van der Waals surface area contributed by atoms with Crippen LogP contribution in [0.1, 0.15) is 38.3 Å². The summed E-state index contributed by atoms with van der Waals surface area (Å²) in [6.07, 6.45) is 3.43. The van der Waals surface area contributed by atoms with Crippen molar-refractivity contribution >= 4 is 5.91 Å². The largest absolute Gasteiger partial charge is 0.346 e. The summed E-state index contributed by atoms with van der Waals surface area (Å²) in [6.45, 7) is 4.71. The molecule has 1 saturated heterocycles. The summed E-state index contributed by atoms with van der Waals surface area (Å²) in [6, 6.07) is -0.194. The number of nitrogens with one attached hydrogen (secondary N) is 3. The lowest BCUT2D eigenvalue weighted by Gasteiger charge is -2.23. The van der Waals surface area contributed by atoms with Crippen LogP contribution in [0.4, 0.5) is 0 Å². The van der Waals surface area contributed by atoms with E-state index in [0.29, 0.717) is 12.5 Å². The molecule has 0 spiro atoms. The van der Waals surface area contributed by atoms with Gasteiger partial charge >= 0.3 is 0 Å². The molecule has 3 atom stereocenters. The summed E-state index contributed by atoms with van der Waals surface area (Å²) >= 11 is 0. The van der Waals surface area contributed by atoms with E-state index in [4.69, 9.17) is 0 Å². The topological polar surface area (TPSA) is 127 Å². The van der Waals surface area contributed by atoms with Gasteiger partial charge in [-0.05, 0) is 22.8 Å². The van der Waals surface area contributed by atoms with Crippen LogP contribution in [-0.4, -0.2) is 47.4 Å². The number of hydrogen-bond acceptors (Lipinski definition) is 8. The van der Waals surface area contributed by atoms with Crippen molar-refractivity contribution in [2.75, 3.05) is 6.54 Å². The van der Waals surface area contributed by atoms with Gasteiger partial charge in [0.1, 0.15) is 24.6 Å². The first-order valence-corrected chi connectivity index (χ1v) is 7.91. The molecular weight excluding hydrogens is 312 g/mol. The number of aryl methyl sites for hydroxylation is 1. The van der Waals surface area contributed by atoms with Gasteiger partial charge in [0, 0.05) is 13.6 Å². The molecule has 1 amide bonds. The SMILES string of the molecule is CC(C)CC(NC(=O)C1CNNC1n1cnnn1)c1ncnn1C. The zero-order valence-electron chi connectivity index (χ0n) is 13.9. The Hall–Kier alpha value is -2.40. The highest BCUT2D eigenvalue weighted by atomic mass is 16.2. The molecule has 0 bridgehead atoms. The zero-order chi connectivity index (χ0) is 17.1. The predicted octanol–water partition coefficient (Wildman–Crippen LogP) is -1.07. The Bertz CT molecular complexity index is 666. The molecule has 3 N–H and O–H groups in total. The molecular formula is C13H22N10O. The molecule has 0 aromatic carbocycles. The monoisotopic (exact) mass is 334 g/mol. The van der Waals surface area contributed by atoms with Crippen molar-refractivity contribution in [3.8, 4) is 0 Å². The fourth-order valence-electron chi connectivity index (χ4n) is 2.87. The molecule has 1 aliphatic heterocycles. The second-order valence-corrected chi connectivity index (χ2v) is 6.30. The van der Waals surface area contributed by atoms with Crippen LogP contribution in [0.15, 0.2) is 12.7 Å². The van der Waals surface area contributed by atoms with Crippen molar-refractivity contribution in [3.63, 3.8) is 0 Å². The van der Waals surface area contributed by atoms with Gasteiger partial charge in [0.25, 0.3) is 0 Å². The van der Waals surface area contributed by atoms with E-state index in [1.165, 1.54) is 17.3 Å². The molecule has 0 radical (unpaired) electrons. The predicted molar refractivity (Wildman–Crippen MR) is 82.8 cm³/mol. The molecule has 11 heteroatoms. The number of carbonyl (C=O) groups excluding carboxylic acids is 1. The van der Waals surface area contributed by atoms with Gasteiger partial charge < -0.3 is 5.32 Å². The lowest BCUT2D eigenvalue weighted by molar-refractivity contribution is -0.126. The summed E-state index contributed by atoms with van der Waals surface area (Å²) in [7, 11) is 1.82. The molecule has 2 aromatic heterocycles. The van der Waals surface area contributed by atoms with E-state index >= 15 is 0 Å². The Kier molecular flexibility index (Phi) is 4.81. The average molecular weight is 334 g/mol. The minimum absolute atomic E-state index is 0.0818. The lowest BCUT2D eigenvalue weighted by Crippen LogP contribution is -2.40. The maximum absolute atomic E-state index is 12.8. The molecule has 1 fully saturated rings. The van der Waals surface area contributed by atoms with Gasteiger partial charge in [-0.2, -0.15) is 5.10 Å². The first kappa shape index (κ1) is 16.5. The number of hydrazine groups is 1. The van der Waals surface area contributed by atoms with Crippen LogP contribution < -0.4 is 16.2 Å². The minimum atomic E-state index is -0.337. The third-order valence-electron chi connectivity index (χ3n) is 4.02. The van der Waals surface area contributed by atoms with E-state index in [2.05, 4.69) is 55.6 Å². The molecule has 3 rings (SSSR count). The van der Waals surface area contributed by atoms with E-state index in [9.17, 15) is 4.79 Å². The van der Waals surface area contributed by atoms with Gasteiger partial charge in [0.05, 0.1) is 12.0 Å². The van der Waals surface area contributed by atoms with Gasteiger partial charge in [-0.15, -0.1) is 5.10 Å². The summed E-state index contributed by atoms with van der Waals surface area (Å²) in [5.74, 6) is 0.732. The molecule has 24 heavy (non-hydrogen) atoms. The third kappa shape index (κ3) is 3.41. The second-order valence-electron chi connectivity index (χ2n) is 6.30. The number of carbonyl (C=O) groups is 1. The number of aromatic nitrogens is 7. The van der Waals surface area contributed by atoms with Crippen molar-refractivity contribution in [2.24, 2.45) is 18.9 Å². The van der Waals surface area contributed by atoms with Crippen LogP contribution in [-0.2, 0) is 11.8 Å². The number of hydrogen-bond donors (Lipinski definition) is 3. The Morgan fingerprint density at radius 1 is 1.50 bits per heavy atom. The van der Waals surface area contributed by atoms with Crippen LogP contribution in [0.5, 0.6) is 0 Å². The van der Waals surface area contributed by atoms with Crippen LogP contribution in [0.2, 0.25) is 0 Å². The van der Waals surface area contributed by atoms with Gasteiger partial charge in [-0.3, -0.25) is 14.9 Å². The van der Waals surface area contributed by atoms with Crippen molar-refractivity contribution in [1.82, 2.24) is 51.1 Å². The molecule has 0 aliphatic carbocycles. The van der Waals surface area contributed by atoms with Gasteiger partial charge in [0.15, 0.2) is 0 Å². The molecule has 3 heterocycles. The van der Waals surface area contributed by atoms with Crippen molar-refractivity contribution in [1.29, 1.82) is 0 Å². The minimum Gasteiger partial charge on any atom is -0.346 e. The Balaban J connectivity index is 1.74. The summed E-state index contributed by atoms with van der Waals surface area (Å²) in [5.41, 5.74) is 6.02. The van der Waals surface area contributed by atoms with Crippen LogP contribution in [0.3, 0.4) is 0 Å².